The molecule has 6 nitrogen and oxygen atoms in total. The first-order chi connectivity index (χ1) is 10.7. The van der Waals surface area contributed by atoms with Gasteiger partial charge in [0.25, 0.3) is 0 Å². The van der Waals surface area contributed by atoms with Crippen molar-refractivity contribution in [1.82, 2.24) is 15.5 Å². The molecule has 2 aromatic rings. The van der Waals surface area contributed by atoms with Crippen molar-refractivity contribution in [1.29, 1.82) is 5.26 Å². The molecule has 6 heteroatoms. The van der Waals surface area contributed by atoms with Crippen LogP contribution in [0.3, 0.4) is 0 Å². The van der Waals surface area contributed by atoms with Crippen LogP contribution in [0.5, 0.6) is 0 Å². The lowest BCUT2D eigenvalue weighted by molar-refractivity contribution is 0.422. The van der Waals surface area contributed by atoms with Crippen LogP contribution in [0.4, 0.5) is 5.82 Å². The molecular weight excluding hydrogens is 278 g/mol. The molecule has 0 aromatic carbocycles. The van der Waals surface area contributed by atoms with Crippen molar-refractivity contribution in [3.8, 4) is 17.4 Å². The van der Waals surface area contributed by atoms with Crippen LogP contribution in [-0.2, 0) is 12.8 Å². The third-order valence-corrected chi connectivity index (χ3v) is 4.65. The highest BCUT2D eigenvalue weighted by molar-refractivity contribution is 5.77. The minimum absolute atomic E-state index is 0.221. The summed E-state index contributed by atoms with van der Waals surface area (Å²) in [7, 11) is 0. The van der Waals surface area contributed by atoms with Gasteiger partial charge in [0.2, 0.25) is 0 Å². The van der Waals surface area contributed by atoms with Crippen LogP contribution < -0.4 is 11.1 Å². The summed E-state index contributed by atoms with van der Waals surface area (Å²) in [5.41, 5.74) is 10.1. The van der Waals surface area contributed by atoms with Crippen molar-refractivity contribution in [3.05, 3.63) is 28.6 Å². The average Bonchev–Trinajstić information content (AvgIpc) is 3.13. The highest BCUT2D eigenvalue weighted by Gasteiger charge is 2.37. The molecule has 0 saturated carbocycles. The number of hydrogen-bond donors (Lipinski definition) is 2. The van der Waals surface area contributed by atoms with Crippen LogP contribution in [0.2, 0.25) is 0 Å². The van der Waals surface area contributed by atoms with Crippen molar-refractivity contribution >= 4 is 5.82 Å². The Bertz CT molecular complexity index is 789. The number of nitriles is 1. The Morgan fingerprint density at radius 3 is 3.09 bits per heavy atom. The molecule has 2 bridgehead atoms. The zero-order valence-corrected chi connectivity index (χ0v) is 12.4. The maximum absolute atomic E-state index is 9.54. The molecule has 3 N–H and O–H groups in total. The number of nitrogens with one attached hydrogen (secondary N) is 1. The topological polar surface area (TPSA) is 101 Å². The third-order valence-electron chi connectivity index (χ3n) is 4.65. The second-order valence-corrected chi connectivity index (χ2v) is 5.95. The third kappa shape index (κ3) is 1.82. The van der Waals surface area contributed by atoms with Crippen molar-refractivity contribution in [2.45, 2.75) is 44.7 Å². The first-order valence-electron chi connectivity index (χ1n) is 7.65. The van der Waals surface area contributed by atoms with Crippen molar-refractivity contribution in [2.75, 3.05) is 5.73 Å². The summed E-state index contributed by atoms with van der Waals surface area (Å²) in [6.07, 6.45) is 3.82. The van der Waals surface area contributed by atoms with E-state index >= 15 is 0 Å². The summed E-state index contributed by atoms with van der Waals surface area (Å²) in [5.74, 6) is 0.901. The van der Waals surface area contributed by atoms with Crippen molar-refractivity contribution < 1.29 is 4.52 Å². The summed E-state index contributed by atoms with van der Waals surface area (Å²) in [6, 6.07) is 4.78. The van der Waals surface area contributed by atoms with E-state index in [1.165, 1.54) is 0 Å². The summed E-state index contributed by atoms with van der Waals surface area (Å²) in [5, 5.41) is 17.2. The minimum Gasteiger partial charge on any atom is -0.383 e. The van der Waals surface area contributed by atoms with Crippen LogP contribution in [0.1, 0.15) is 48.3 Å². The van der Waals surface area contributed by atoms with Crippen molar-refractivity contribution in [2.24, 2.45) is 0 Å². The van der Waals surface area contributed by atoms with E-state index in [1.807, 2.05) is 13.0 Å². The molecule has 22 heavy (non-hydrogen) atoms. The number of nitrogen functional groups attached to an aromatic ring is 1. The van der Waals surface area contributed by atoms with E-state index in [0.717, 1.165) is 48.2 Å². The van der Waals surface area contributed by atoms with Gasteiger partial charge in [-0.2, -0.15) is 5.26 Å². The van der Waals surface area contributed by atoms with Gasteiger partial charge in [-0.25, -0.2) is 4.98 Å². The first kappa shape index (κ1) is 13.3. The maximum Gasteiger partial charge on any atom is 0.168 e. The maximum atomic E-state index is 9.54. The molecule has 0 unspecified atom stereocenters. The normalized spacial score (nSPS) is 22.4. The Morgan fingerprint density at radius 1 is 1.50 bits per heavy atom. The van der Waals surface area contributed by atoms with E-state index in [2.05, 4.69) is 21.5 Å². The largest absolute Gasteiger partial charge is 0.383 e. The van der Waals surface area contributed by atoms with Crippen molar-refractivity contribution in [3.63, 3.8) is 0 Å². The van der Waals surface area contributed by atoms with Gasteiger partial charge in [0.15, 0.2) is 5.76 Å². The summed E-state index contributed by atoms with van der Waals surface area (Å²) in [6.45, 7) is 2.02. The van der Waals surface area contributed by atoms with Crippen LogP contribution in [0.15, 0.2) is 10.6 Å². The molecule has 112 valence electrons. The first-order valence-corrected chi connectivity index (χ1v) is 7.65. The van der Waals surface area contributed by atoms with Crippen LogP contribution >= 0.6 is 0 Å². The quantitative estimate of drug-likeness (QED) is 0.880. The lowest BCUT2D eigenvalue weighted by atomic mass is 9.90. The number of aromatic nitrogens is 2. The van der Waals surface area contributed by atoms with E-state index in [1.54, 1.807) is 0 Å². The molecule has 2 aliphatic rings. The van der Waals surface area contributed by atoms with Crippen LogP contribution in [0, 0.1) is 11.3 Å². The Hall–Kier alpha value is -2.39. The number of pyridine rings is 1. The van der Waals surface area contributed by atoms with Gasteiger partial charge in [-0.3, -0.25) is 0 Å². The zero-order chi connectivity index (χ0) is 15.3. The summed E-state index contributed by atoms with van der Waals surface area (Å²) >= 11 is 0. The van der Waals surface area contributed by atoms with E-state index < -0.39 is 0 Å². The molecule has 1 saturated heterocycles. The number of hydrogen-bond acceptors (Lipinski definition) is 6. The molecule has 2 atom stereocenters. The number of fused-ring (bicyclic) bond motifs is 4. The van der Waals surface area contributed by atoms with Gasteiger partial charge in [0, 0.05) is 41.4 Å². The monoisotopic (exact) mass is 295 g/mol. The van der Waals surface area contributed by atoms with E-state index in [0.29, 0.717) is 17.4 Å². The molecule has 4 heterocycles. The number of nitrogens with zero attached hydrogens (tertiary/aromatic N) is 3. The molecule has 2 aromatic heterocycles. The van der Waals surface area contributed by atoms with E-state index in [9.17, 15) is 5.26 Å². The number of rotatable bonds is 2. The molecule has 1 fully saturated rings. The Morgan fingerprint density at radius 2 is 2.36 bits per heavy atom. The lowest BCUT2D eigenvalue weighted by Crippen LogP contribution is -2.33. The molecule has 0 aliphatic carbocycles. The molecule has 0 amide bonds. The fourth-order valence-corrected chi connectivity index (χ4v) is 3.61. The van der Waals surface area contributed by atoms with Gasteiger partial charge in [-0.05, 0) is 19.3 Å². The molecule has 0 spiro atoms. The van der Waals surface area contributed by atoms with Gasteiger partial charge < -0.3 is 15.6 Å². The second kappa shape index (κ2) is 4.82. The van der Waals surface area contributed by atoms with E-state index in [-0.39, 0.29) is 11.9 Å². The Balaban J connectivity index is 1.99. The number of nitrogens with two attached hydrogens (primary N) is 1. The minimum atomic E-state index is 0.221. The SMILES string of the molecule is CCc1cc(-c2c(C#N)c(N)nc3c2[C@H]2CC[C@@H](C3)N2)on1. The number of aryl methyl sites for hydroxylation is 1. The van der Waals surface area contributed by atoms with Gasteiger partial charge >= 0.3 is 0 Å². The van der Waals surface area contributed by atoms with Gasteiger partial charge in [0.05, 0.1) is 5.69 Å². The Kier molecular flexibility index (Phi) is 2.91. The number of anilines is 1. The highest BCUT2D eigenvalue weighted by Crippen LogP contribution is 2.43. The standard InChI is InChI=1S/C16H17N5O/c1-2-8-6-13(22-21-8)14-10(7-17)16(18)20-12-5-9-3-4-11(19-9)15(12)14/h6,9,11,19H,2-5H2,1H3,(H2,18,20)/t9-,11+/m0/s1. The predicted octanol–water partition coefficient (Wildman–Crippen LogP) is 2.10. The van der Waals surface area contributed by atoms with Crippen LogP contribution in [-0.4, -0.2) is 16.2 Å². The van der Waals surface area contributed by atoms with Gasteiger partial charge in [0.1, 0.15) is 17.5 Å². The lowest BCUT2D eigenvalue weighted by Gasteiger charge is -2.26. The molecule has 4 rings (SSSR count). The summed E-state index contributed by atoms with van der Waals surface area (Å²) < 4.78 is 5.50. The predicted molar refractivity (Wildman–Crippen MR) is 80.8 cm³/mol. The highest BCUT2D eigenvalue weighted by atomic mass is 16.5. The second-order valence-electron chi connectivity index (χ2n) is 5.95. The summed E-state index contributed by atoms with van der Waals surface area (Å²) in [4.78, 5) is 4.49. The zero-order valence-electron chi connectivity index (χ0n) is 12.4. The molecular formula is C16H17N5O. The fraction of sp³-hybridized carbons (Fsp3) is 0.438. The van der Waals surface area contributed by atoms with Gasteiger partial charge in [-0.15, -0.1) is 0 Å². The van der Waals surface area contributed by atoms with Gasteiger partial charge in [-0.1, -0.05) is 12.1 Å². The fourth-order valence-electron chi connectivity index (χ4n) is 3.61. The average molecular weight is 295 g/mol. The molecule has 2 aliphatic heterocycles. The molecule has 0 radical (unpaired) electrons. The van der Waals surface area contributed by atoms with Crippen LogP contribution in [0.25, 0.3) is 11.3 Å². The van der Waals surface area contributed by atoms with E-state index in [4.69, 9.17) is 10.3 Å². The Labute approximate surface area is 128 Å². The smallest absolute Gasteiger partial charge is 0.168 e.